The number of ether oxygens (including phenoxy) is 1. The molecule has 0 saturated carbocycles. The first-order chi connectivity index (χ1) is 15.4. The quantitative estimate of drug-likeness (QED) is 0.628. The summed E-state index contributed by atoms with van der Waals surface area (Å²) in [4.78, 5) is 15.0. The highest BCUT2D eigenvalue weighted by Gasteiger charge is 2.23. The fourth-order valence-electron chi connectivity index (χ4n) is 4.05. The van der Waals surface area contributed by atoms with Gasteiger partial charge in [-0.15, -0.1) is 0 Å². The van der Waals surface area contributed by atoms with Crippen molar-refractivity contribution in [2.24, 2.45) is 0 Å². The number of carbonyl (C=O) groups is 1. The van der Waals surface area contributed by atoms with E-state index in [2.05, 4.69) is 14.9 Å². The first kappa shape index (κ1) is 23.0. The van der Waals surface area contributed by atoms with Gasteiger partial charge >= 0.3 is 0 Å². The molecule has 9 heteroatoms. The summed E-state index contributed by atoms with van der Waals surface area (Å²) in [6.07, 6.45) is 5.26. The van der Waals surface area contributed by atoms with Crippen molar-refractivity contribution in [2.75, 3.05) is 36.5 Å². The van der Waals surface area contributed by atoms with Gasteiger partial charge in [-0.2, -0.15) is 0 Å². The van der Waals surface area contributed by atoms with Gasteiger partial charge in [0.1, 0.15) is 4.90 Å². The van der Waals surface area contributed by atoms with Gasteiger partial charge in [0.15, 0.2) is 0 Å². The molecule has 2 aromatic rings. The molecule has 2 N–H and O–H groups in total. The van der Waals surface area contributed by atoms with Gasteiger partial charge in [0, 0.05) is 43.2 Å². The number of hydrogen-bond acceptors (Lipinski definition) is 5. The van der Waals surface area contributed by atoms with Crippen molar-refractivity contribution in [2.45, 2.75) is 43.1 Å². The largest absolute Gasteiger partial charge is 0.377 e. The van der Waals surface area contributed by atoms with Gasteiger partial charge in [-0.1, -0.05) is 11.6 Å². The average Bonchev–Trinajstić information content (AvgIpc) is 3.33. The zero-order chi connectivity index (χ0) is 22.6. The molecule has 172 valence electrons. The minimum absolute atomic E-state index is 0.0623. The minimum atomic E-state index is -3.87. The van der Waals surface area contributed by atoms with Crippen LogP contribution in [0.25, 0.3) is 0 Å². The van der Waals surface area contributed by atoms with E-state index in [0.717, 1.165) is 31.6 Å². The normalized spacial score (nSPS) is 19.2. The van der Waals surface area contributed by atoms with E-state index in [4.69, 9.17) is 16.3 Å². The van der Waals surface area contributed by atoms with Gasteiger partial charge in [0.05, 0.1) is 11.1 Å². The lowest BCUT2D eigenvalue weighted by atomic mass is 10.1. The summed E-state index contributed by atoms with van der Waals surface area (Å²) in [6.45, 7) is 2.92. The van der Waals surface area contributed by atoms with E-state index >= 15 is 0 Å². The lowest BCUT2D eigenvalue weighted by Crippen LogP contribution is -2.32. The van der Waals surface area contributed by atoms with E-state index < -0.39 is 15.9 Å². The van der Waals surface area contributed by atoms with Gasteiger partial charge in [-0.25, -0.2) is 13.1 Å². The van der Waals surface area contributed by atoms with Crippen LogP contribution in [0.5, 0.6) is 0 Å². The Morgan fingerprint density at radius 1 is 1.06 bits per heavy atom. The topological polar surface area (TPSA) is 87.7 Å². The Bertz CT molecular complexity index is 1050. The molecule has 0 bridgehead atoms. The Balaban J connectivity index is 1.43. The third-order valence-electron chi connectivity index (χ3n) is 5.85. The Morgan fingerprint density at radius 3 is 2.50 bits per heavy atom. The summed E-state index contributed by atoms with van der Waals surface area (Å²) < 4.78 is 33.5. The van der Waals surface area contributed by atoms with Crippen LogP contribution >= 0.6 is 11.6 Å². The predicted molar refractivity (Wildman–Crippen MR) is 126 cm³/mol. The van der Waals surface area contributed by atoms with Gasteiger partial charge in [0.25, 0.3) is 5.91 Å². The number of anilines is 2. The lowest BCUT2D eigenvalue weighted by molar-refractivity contribution is 0.102. The smallest absolute Gasteiger partial charge is 0.255 e. The molecular weight excluding hydrogens is 450 g/mol. The zero-order valence-electron chi connectivity index (χ0n) is 17.8. The number of rotatable bonds is 7. The fourth-order valence-corrected chi connectivity index (χ4v) is 5.64. The molecule has 4 rings (SSSR count). The van der Waals surface area contributed by atoms with Crippen LogP contribution < -0.4 is 14.9 Å². The zero-order valence-corrected chi connectivity index (χ0v) is 19.4. The van der Waals surface area contributed by atoms with Crippen molar-refractivity contribution in [3.8, 4) is 0 Å². The number of sulfonamides is 1. The Labute approximate surface area is 194 Å². The van der Waals surface area contributed by atoms with Crippen LogP contribution in [0.4, 0.5) is 11.4 Å². The van der Waals surface area contributed by atoms with Crippen LogP contribution in [0.2, 0.25) is 5.02 Å². The molecule has 2 heterocycles. The monoisotopic (exact) mass is 477 g/mol. The maximum absolute atomic E-state index is 12.8. The molecule has 2 aliphatic heterocycles. The van der Waals surface area contributed by atoms with E-state index in [1.54, 1.807) is 0 Å². The highest BCUT2D eigenvalue weighted by Crippen LogP contribution is 2.25. The Kier molecular flexibility index (Phi) is 7.35. The Morgan fingerprint density at radius 2 is 1.81 bits per heavy atom. The second-order valence-electron chi connectivity index (χ2n) is 8.18. The number of amides is 1. The molecule has 0 aliphatic carbocycles. The van der Waals surface area contributed by atoms with Crippen LogP contribution in [0.3, 0.4) is 0 Å². The average molecular weight is 478 g/mol. The number of halogens is 1. The summed E-state index contributed by atoms with van der Waals surface area (Å²) in [6, 6.07) is 11.9. The second-order valence-corrected chi connectivity index (χ2v) is 10.3. The van der Waals surface area contributed by atoms with Gasteiger partial charge in [-0.3, -0.25) is 4.79 Å². The molecule has 1 atom stereocenters. The fraction of sp³-hybridized carbons (Fsp3) is 0.435. The van der Waals surface area contributed by atoms with Gasteiger partial charge < -0.3 is 15.0 Å². The van der Waals surface area contributed by atoms with Crippen molar-refractivity contribution in [1.82, 2.24) is 4.72 Å². The maximum atomic E-state index is 12.8. The van der Waals surface area contributed by atoms with Crippen molar-refractivity contribution >= 4 is 38.9 Å². The molecule has 1 unspecified atom stereocenters. The molecule has 2 aliphatic rings. The van der Waals surface area contributed by atoms with Gasteiger partial charge in [0.2, 0.25) is 10.0 Å². The molecular formula is C23H28ClN3O4S. The first-order valence-electron chi connectivity index (χ1n) is 11.0. The molecule has 2 saturated heterocycles. The number of carbonyl (C=O) groups excluding carboxylic acids is 1. The molecule has 0 spiro atoms. The van der Waals surface area contributed by atoms with Gasteiger partial charge in [-0.05, 0) is 74.6 Å². The van der Waals surface area contributed by atoms with E-state index in [0.29, 0.717) is 12.3 Å². The third kappa shape index (κ3) is 5.61. The number of benzene rings is 2. The molecule has 0 radical (unpaired) electrons. The van der Waals surface area contributed by atoms with Crippen LogP contribution in [0.15, 0.2) is 47.4 Å². The minimum Gasteiger partial charge on any atom is -0.377 e. The van der Waals surface area contributed by atoms with Crippen LogP contribution in [-0.2, 0) is 14.8 Å². The number of hydrogen-bond donors (Lipinski definition) is 2. The van der Waals surface area contributed by atoms with Crippen LogP contribution in [0.1, 0.15) is 42.5 Å². The summed E-state index contributed by atoms with van der Waals surface area (Å²) in [7, 11) is -3.87. The standard InChI is InChI=1S/C23H28ClN3O4S/c24-21-11-6-17(15-22(21)32(29,30)25-16-20-5-4-14-31-20)23(28)26-18-7-9-19(10-8-18)27-12-2-1-3-13-27/h6-11,15,20,25H,1-5,12-14,16H2,(H,26,28). The number of nitrogens with one attached hydrogen (secondary N) is 2. The molecule has 2 fully saturated rings. The molecule has 0 aromatic heterocycles. The van der Waals surface area contributed by atoms with Crippen LogP contribution in [0, 0.1) is 0 Å². The summed E-state index contributed by atoms with van der Waals surface area (Å²) >= 11 is 6.15. The molecule has 2 aromatic carbocycles. The lowest BCUT2D eigenvalue weighted by Gasteiger charge is -2.28. The van der Waals surface area contributed by atoms with E-state index in [1.807, 2.05) is 24.3 Å². The van der Waals surface area contributed by atoms with Crippen molar-refractivity contribution in [3.05, 3.63) is 53.1 Å². The second kappa shape index (κ2) is 10.2. The number of piperidine rings is 1. The first-order valence-corrected chi connectivity index (χ1v) is 12.9. The Hall–Kier alpha value is -2.13. The molecule has 7 nitrogen and oxygen atoms in total. The van der Waals surface area contributed by atoms with Crippen molar-refractivity contribution in [1.29, 1.82) is 0 Å². The SMILES string of the molecule is O=C(Nc1ccc(N2CCCCC2)cc1)c1ccc(Cl)c(S(=O)(=O)NCC2CCCO2)c1. The summed E-state index contributed by atoms with van der Waals surface area (Å²) in [5.41, 5.74) is 2.00. The molecule has 32 heavy (non-hydrogen) atoms. The van der Waals surface area contributed by atoms with E-state index in [9.17, 15) is 13.2 Å². The molecule has 1 amide bonds. The van der Waals surface area contributed by atoms with E-state index in [1.165, 1.54) is 37.5 Å². The maximum Gasteiger partial charge on any atom is 0.255 e. The summed E-state index contributed by atoms with van der Waals surface area (Å²) in [5, 5.41) is 2.89. The predicted octanol–water partition coefficient (Wildman–Crippen LogP) is 4.04. The van der Waals surface area contributed by atoms with E-state index in [-0.39, 0.29) is 28.1 Å². The van der Waals surface area contributed by atoms with Crippen LogP contribution in [-0.4, -0.2) is 46.7 Å². The number of nitrogens with zero attached hydrogens (tertiary/aromatic N) is 1. The van der Waals surface area contributed by atoms with Crippen molar-refractivity contribution in [3.63, 3.8) is 0 Å². The third-order valence-corrected chi connectivity index (χ3v) is 7.76. The van der Waals surface area contributed by atoms with Crippen molar-refractivity contribution < 1.29 is 17.9 Å². The summed E-state index contributed by atoms with van der Waals surface area (Å²) in [5.74, 6) is -0.400. The highest BCUT2D eigenvalue weighted by atomic mass is 35.5. The highest BCUT2D eigenvalue weighted by molar-refractivity contribution is 7.89.